The second kappa shape index (κ2) is 11.1. The molecule has 1 heterocycles. The summed E-state index contributed by atoms with van der Waals surface area (Å²) in [5.74, 6) is -0.276. The highest BCUT2D eigenvalue weighted by molar-refractivity contribution is 8.04. The minimum atomic E-state index is -4.07. The summed E-state index contributed by atoms with van der Waals surface area (Å²) in [6.07, 6.45) is 1.28. The van der Waals surface area contributed by atoms with E-state index in [1.165, 1.54) is 0 Å². The lowest BCUT2D eigenvalue weighted by Crippen LogP contribution is -2.42. The first-order chi connectivity index (χ1) is 17.8. The summed E-state index contributed by atoms with van der Waals surface area (Å²) in [5.41, 5.74) is 0.293. The third kappa shape index (κ3) is 8.40. The molecule has 0 saturated carbocycles. The lowest BCUT2D eigenvalue weighted by Gasteiger charge is -2.34. The van der Waals surface area contributed by atoms with Gasteiger partial charge >= 0.3 is 16.3 Å². The maximum atomic E-state index is 13.1. The molecule has 0 aliphatic carbocycles. The van der Waals surface area contributed by atoms with Crippen molar-refractivity contribution < 1.29 is 32.3 Å². The molecule has 0 saturated heterocycles. The monoisotopic (exact) mass is 577 g/mol. The molecular weight excluding hydrogens is 538 g/mol. The Kier molecular flexibility index (Phi) is 8.75. The molecule has 0 spiro atoms. The highest BCUT2D eigenvalue weighted by Gasteiger charge is 2.39. The molecule has 10 heteroatoms. The first-order valence-corrected chi connectivity index (χ1v) is 15.0. The number of rotatable bonds is 8. The van der Waals surface area contributed by atoms with E-state index in [0.29, 0.717) is 23.3 Å². The minimum Gasteiger partial charge on any atom is -0.511 e. The van der Waals surface area contributed by atoms with Gasteiger partial charge in [-0.2, -0.15) is 13.1 Å². The van der Waals surface area contributed by atoms with Crippen molar-refractivity contribution in [2.75, 3.05) is 0 Å². The second-order valence-corrected chi connectivity index (χ2v) is 14.6. The van der Waals surface area contributed by atoms with Crippen molar-refractivity contribution in [1.29, 1.82) is 0 Å². The van der Waals surface area contributed by atoms with Crippen LogP contribution in [0.3, 0.4) is 0 Å². The van der Waals surface area contributed by atoms with Crippen LogP contribution in [-0.2, 0) is 31.7 Å². The maximum Gasteiger partial charge on any atom is 0.383 e. The van der Waals surface area contributed by atoms with Gasteiger partial charge in [0.05, 0.1) is 0 Å². The van der Waals surface area contributed by atoms with Crippen LogP contribution in [0.1, 0.15) is 78.0 Å². The highest BCUT2D eigenvalue weighted by atomic mass is 32.2. The molecule has 1 aliphatic heterocycles. The summed E-state index contributed by atoms with van der Waals surface area (Å²) in [4.78, 5) is 13.9. The predicted molar refractivity (Wildman–Crippen MR) is 153 cm³/mol. The minimum absolute atomic E-state index is 0.0424. The van der Waals surface area contributed by atoms with Crippen molar-refractivity contribution in [3.05, 3.63) is 63.8 Å². The van der Waals surface area contributed by atoms with Crippen LogP contribution >= 0.6 is 11.8 Å². The molecule has 3 rings (SSSR count). The maximum absolute atomic E-state index is 13.1. The Bertz CT molecular complexity index is 1370. The Balaban J connectivity index is 1.87. The van der Waals surface area contributed by atoms with Gasteiger partial charge in [-0.05, 0) is 93.8 Å². The van der Waals surface area contributed by atoms with Crippen molar-refractivity contribution in [2.45, 2.75) is 96.1 Å². The summed E-state index contributed by atoms with van der Waals surface area (Å²) in [6.45, 7) is 14.6. The van der Waals surface area contributed by atoms with E-state index in [1.54, 1.807) is 58.9 Å². The van der Waals surface area contributed by atoms with Gasteiger partial charge in [0, 0.05) is 16.9 Å². The second-order valence-electron chi connectivity index (χ2n) is 12.3. The molecule has 2 aromatic rings. The van der Waals surface area contributed by atoms with E-state index < -0.39 is 32.8 Å². The Labute approximate surface area is 236 Å². The fraction of sp³-hybridized carbons (Fsp3) is 0.483. The van der Waals surface area contributed by atoms with E-state index in [2.05, 4.69) is 4.72 Å². The number of ether oxygens (including phenoxy) is 1. The van der Waals surface area contributed by atoms with Crippen molar-refractivity contribution >= 4 is 28.0 Å². The summed E-state index contributed by atoms with van der Waals surface area (Å²) in [5, 5.41) is 20.4. The number of esters is 1. The Morgan fingerprint density at radius 1 is 1.08 bits per heavy atom. The first kappa shape index (κ1) is 30.8. The summed E-state index contributed by atoms with van der Waals surface area (Å²) < 4.78 is 38.9. The Hall–Kier alpha value is -2.69. The summed E-state index contributed by atoms with van der Waals surface area (Å²) in [7, 11) is -4.07. The lowest BCUT2D eigenvalue weighted by atomic mass is 9.86. The standard InChI is InChI=1S/C29H39NO7S2/c1-18-15-24(21(27(2,3)4)16-23(18)37-39(34,35)30-28(5,6)7)38-25-22(32)17-29(8,36-26(25)33)14-13-19-9-11-20(31)12-10-19/h9-12,15-16,30-32H,13-14,17H2,1-8H3. The first-order valence-electron chi connectivity index (χ1n) is 12.8. The van der Waals surface area contributed by atoms with E-state index in [9.17, 15) is 23.4 Å². The van der Waals surface area contributed by atoms with Gasteiger partial charge in [-0.15, -0.1) is 0 Å². The van der Waals surface area contributed by atoms with Gasteiger partial charge in [0.2, 0.25) is 0 Å². The van der Waals surface area contributed by atoms with E-state index in [-0.39, 0.29) is 28.6 Å². The number of phenolic OH excluding ortho intramolecular Hbond substituents is 1. The van der Waals surface area contributed by atoms with Crippen molar-refractivity contribution in [3.8, 4) is 11.5 Å². The van der Waals surface area contributed by atoms with Gasteiger partial charge in [0.1, 0.15) is 27.8 Å². The van der Waals surface area contributed by atoms with Crippen LogP contribution in [0.15, 0.2) is 52.0 Å². The molecule has 1 atom stereocenters. The van der Waals surface area contributed by atoms with Crippen molar-refractivity contribution in [1.82, 2.24) is 4.72 Å². The highest BCUT2D eigenvalue weighted by Crippen LogP contribution is 2.44. The average Bonchev–Trinajstić information content (AvgIpc) is 2.75. The van der Waals surface area contributed by atoms with Crippen LogP contribution in [0.25, 0.3) is 0 Å². The molecule has 0 bridgehead atoms. The van der Waals surface area contributed by atoms with Gasteiger partial charge in [-0.25, -0.2) is 4.79 Å². The van der Waals surface area contributed by atoms with Gasteiger partial charge < -0.3 is 19.1 Å². The molecule has 39 heavy (non-hydrogen) atoms. The van der Waals surface area contributed by atoms with E-state index >= 15 is 0 Å². The van der Waals surface area contributed by atoms with E-state index in [0.717, 1.165) is 22.9 Å². The fourth-order valence-corrected chi connectivity index (χ4v) is 6.67. The molecule has 0 amide bonds. The van der Waals surface area contributed by atoms with Gasteiger partial charge in [-0.1, -0.05) is 44.7 Å². The van der Waals surface area contributed by atoms with Crippen LogP contribution in [0, 0.1) is 6.92 Å². The number of carbonyl (C=O) groups is 1. The zero-order valence-electron chi connectivity index (χ0n) is 23.8. The molecule has 0 radical (unpaired) electrons. The molecule has 2 aromatic carbocycles. The molecule has 3 N–H and O–H groups in total. The number of cyclic esters (lactones) is 1. The Morgan fingerprint density at radius 3 is 2.23 bits per heavy atom. The van der Waals surface area contributed by atoms with E-state index in [4.69, 9.17) is 8.92 Å². The zero-order valence-corrected chi connectivity index (χ0v) is 25.5. The topological polar surface area (TPSA) is 122 Å². The number of aliphatic hydroxyl groups is 1. The number of nitrogens with one attached hydrogen (secondary N) is 1. The van der Waals surface area contributed by atoms with E-state index in [1.807, 2.05) is 32.9 Å². The van der Waals surface area contributed by atoms with Crippen molar-refractivity contribution in [2.24, 2.45) is 0 Å². The molecule has 8 nitrogen and oxygen atoms in total. The molecule has 0 fully saturated rings. The lowest BCUT2D eigenvalue weighted by molar-refractivity contribution is -0.156. The number of thioether (sulfide) groups is 1. The number of hydrogen-bond donors (Lipinski definition) is 3. The largest absolute Gasteiger partial charge is 0.511 e. The van der Waals surface area contributed by atoms with Crippen LogP contribution in [-0.4, -0.2) is 35.7 Å². The fourth-order valence-electron chi connectivity index (χ4n) is 4.22. The number of carbonyl (C=O) groups excluding carboxylic acids is 1. The zero-order chi connectivity index (χ0) is 29.4. The molecular formula is C29H39NO7S2. The summed E-state index contributed by atoms with van der Waals surface area (Å²) in [6, 6.07) is 10.3. The number of aliphatic hydroxyl groups excluding tert-OH is 1. The number of benzene rings is 2. The normalized spacial score (nSPS) is 18.7. The smallest absolute Gasteiger partial charge is 0.383 e. The number of hydrogen-bond acceptors (Lipinski definition) is 8. The number of aromatic hydroxyl groups is 1. The van der Waals surface area contributed by atoms with Gasteiger partial charge in [-0.3, -0.25) is 0 Å². The van der Waals surface area contributed by atoms with Crippen LogP contribution in [0.4, 0.5) is 0 Å². The predicted octanol–water partition coefficient (Wildman–Crippen LogP) is 6.21. The van der Waals surface area contributed by atoms with Crippen LogP contribution in [0.5, 0.6) is 11.5 Å². The van der Waals surface area contributed by atoms with Gasteiger partial charge in [0.15, 0.2) is 0 Å². The quantitative estimate of drug-likeness (QED) is 0.317. The van der Waals surface area contributed by atoms with Crippen LogP contribution < -0.4 is 8.91 Å². The molecule has 0 aromatic heterocycles. The SMILES string of the molecule is Cc1cc(SC2=C(O)CC(C)(CCc3ccc(O)cc3)OC2=O)c(C(C)(C)C)cc1OS(=O)(=O)NC(C)(C)C. The number of phenols is 1. The molecule has 1 aliphatic rings. The Morgan fingerprint density at radius 2 is 1.69 bits per heavy atom. The van der Waals surface area contributed by atoms with Crippen molar-refractivity contribution in [3.63, 3.8) is 0 Å². The third-order valence-corrected chi connectivity index (χ3v) is 8.56. The van der Waals surface area contributed by atoms with Crippen LogP contribution in [0.2, 0.25) is 0 Å². The third-order valence-electron chi connectivity index (χ3n) is 6.13. The average molecular weight is 578 g/mol. The summed E-state index contributed by atoms with van der Waals surface area (Å²) >= 11 is 1.11. The number of aryl methyl sites for hydroxylation is 2. The molecule has 1 unspecified atom stereocenters. The van der Waals surface area contributed by atoms with Gasteiger partial charge in [0.25, 0.3) is 0 Å². The molecule has 214 valence electrons.